The molecule has 2 aliphatic rings. The van der Waals surface area contributed by atoms with Crippen LogP contribution in [0.4, 0.5) is 0 Å². The van der Waals surface area contributed by atoms with Crippen molar-refractivity contribution < 1.29 is 27.4 Å². The first-order chi connectivity index (χ1) is 15.9. The number of nitrogens with zero attached hydrogens (tertiary/aromatic N) is 1. The first kappa shape index (κ1) is 23.4. The second kappa shape index (κ2) is 10.0. The smallest absolute Gasteiger partial charge is 0.255 e. The Bertz CT molecular complexity index is 1110. The molecule has 0 aromatic heterocycles. The number of fused-ring (bicyclic) bond motifs is 1. The van der Waals surface area contributed by atoms with Crippen molar-refractivity contribution in [3.63, 3.8) is 0 Å². The molecule has 0 spiro atoms. The lowest BCUT2D eigenvalue weighted by Gasteiger charge is -2.22. The third-order valence-corrected chi connectivity index (χ3v) is 7.93. The van der Waals surface area contributed by atoms with E-state index in [1.165, 1.54) is 29.6 Å². The number of hydrogen-bond acceptors (Lipinski definition) is 6. The zero-order valence-corrected chi connectivity index (χ0v) is 19.8. The van der Waals surface area contributed by atoms with Crippen LogP contribution >= 0.6 is 0 Å². The normalized spacial score (nSPS) is 17.6. The molecule has 8 nitrogen and oxygen atoms in total. The third kappa shape index (κ3) is 5.09. The fraction of sp³-hybridized carbons (Fsp3) is 0.458. The average molecular weight is 475 g/mol. The Balaban J connectivity index is 1.56. The Morgan fingerprint density at radius 1 is 1.00 bits per heavy atom. The molecule has 2 aliphatic heterocycles. The van der Waals surface area contributed by atoms with E-state index in [1.807, 2.05) is 25.1 Å². The van der Waals surface area contributed by atoms with Crippen LogP contribution in [0.3, 0.4) is 0 Å². The van der Waals surface area contributed by atoms with Gasteiger partial charge in [-0.15, -0.1) is 0 Å². The highest BCUT2D eigenvalue weighted by atomic mass is 32.2. The predicted octanol–water partition coefficient (Wildman–Crippen LogP) is 3.52. The summed E-state index contributed by atoms with van der Waals surface area (Å²) in [7, 11) is -2.23. The summed E-state index contributed by atoms with van der Waals surface area (Å²) < 4.78 is 44.5. The van der Waals surface area contributed by atoms with E-state index in [4.69, 9.17) is 14.2 Å². The molecule has 1 N–H and O–H groups in total. The molecule has 0 radical (unpaired) electrons. The molecule has 4 rings (SSSR count). The van der Waals surface area contributed by atoms with E-state index in [0.717, 1.165) is 31.2 Å². The number of carbonyl (C=O) groups excluding carboxylic acids is 1. The molecule has 1 saturated heterocycles. The largest absolute Gasteiger partial charge is 0.496 e. The highest BCUT2D eigenvalue weighted by Gasteiger charge is 2.27. The van der Waals surface area contributed by atoms with Crippen LogP contribution < -0.4 is 19.5 Å². The predicted molar refractivity (Wildman–Crippen MR) is 124 cm³/mol. The topological polar surface area (TPSA) is 94.2 Å². The van der Waals surface area contributed by atoms with E-state index in [2.05, 4.69) is 5.32 Å². The van der Waals surface area contributed by atoms with Crippen molar-refractivity contribution in [2.45, 2.75) is 43.5 Å². The molecule has 0 aliphatic carbocycles. The lowest BCUT2D eigenvalue weighted by atomic mass is 10.1. The van der Waals surface area contributed by atoms with E-state index in [0.29, 0.717) is 43.6 Å². The number of hydrogen-bond donors (Lipinski definition) is 1. The van der Waals surface area contributed by atoms with Crippen LogP contribution in [-0.4, -0.2) is 52.0 Å². The molecule has 1 amide bonds. The molecule has 1 fully saturated rings. The third-order valence-electron chi connectivity index (χ3n) is 6.03. The van der Waals surface area contributed by atoms with Crippen LogP contribution in [0, 0.1) is 0 Å². The SMILES string of the molecule is COc1ccc(S(=O)(=O)N2CCCCCC2)cc1C(=O)N[C@@H](C)c1ccc2c(c1)OCCO2. The highest BCUT2D eigenvalue weighted by Crippen LogP contribution is 2.33. The maximum absolute atomic E-state index is 13.2. The van der Waals surface area contributed by atoms with Crippen molar-refractivity contribution in [2.24, 2.45) is 0 Å². The van der Waals surface area contributed by atoms with Gasteiger partial charge in [-0.1, -0.05) is 18.9 Å². The molecule has 0 unspecified atom stereocenters. The highest BCUT2D eigenvalue weighted by molar-refractivity contribution is 7.89. The summed E-state index contributed by atoms with van der Waals surface area (Å²) in [6.45, 7) is 3.84. The molecule has 0 saturated carbocycles. The molecular formula is C24H30N2O6S. The number of rotatable bonds is 6. The molecule has 9 heteroatoms. The van der Waals surface area contributed by atoms with Crippen LogP contribution in [0.25, 0.3) is 0 Å². The Hall–Kier alpha value is -2.78. The Morgan fingerprint density at radius 2 is 1.70 bits per heavy atom. The van der Waals surface area contributed by atoms with Gasteiger partial charge >= 0.3 is 0 Å². The molecule has 178 valence electrons. The summed E-state index contributed by atoms with van der Waals surface area (Å²) in [4.78, 5) is 13.3. The van der Waals surface area contributed by atoms with Gasteiger partial charge in [0, 0.05) is 13.1 Å². The van der Waals surface area contributed by atoms with Crippen LogP contribution in [0.2, 0.25) is 0 Å². The number of amides is 1. The molecular weight excluding hydrogens is 444 g/mol. The van der Waals surface area contributed by atoms with Crippen molar-refractivity contribution >= 4 is 15.9 Å². The van der Waals surface area contributed by atoms with Crippen LogP contribution in [0.1, 0.15) is 54.6 Å². The second-order valence-corrected chi connectivity index (χ2v) is 10.2. The van der Waals surface area contributed by atoms with Gasteiger partial charge in [-0.05, 0) is 55.7 Å². The van der Waals surface area contributed by atoms with Crippen molar-refractivity contribution in [3.8, 4) is 17.2 Å². The monoisotopic (exact) mass is 474 g/mol. The van der Waals surface area contributed by atoms with Gasteiger partial charge in [-0.2, -0.15) is 4.31 Å². The van der Waals surface area contributed by atoms with Crippen molar-refractivity contribution in [1.29, 1.82) is 0 Å². The first-order valence-electron chi connectivity index (χ1n) is 11.3. The quantitative estimate of drug-likeness (QED) is 0.689. The van der Waals surface area contributed by atoms with E-state index in [1.54, 1.807) is 0 Å². The van der Waals surface area contributed by atoms with Gasteiger partial charge in [0.25, 0.3) is 5.91 Å². The summed E-state index contributed by atoms with van der Waals surface area (Å²) in [5.74, 6) is 1.22. The second-order valence-electron chi connectivity index (χ2n) is 8.28. The number of nitrogens with one attached hydrogen (secondary N) is 1. The van der Waals surface area contributed by atoms with Crippen molar-refractivity contribution in [1.82, 2.24) is 9.62 Å². The average Bonchev–Trinajstić information content (AvgIpc) is 3.13. The van der Waals surface area contributed by atoms with Gasteiger partial charge in [-0.3, -0.25) is 4.79 Å². The minimum atomic E-state index is -3.69. The Labute approximate surface area is 194 Å². The minimum Gasteiger partial charge on any atom is -0.496 e. The zero-order valence-electron chi connectivity index (χ0n) is 19.0. The van der Waals surface area contributed by atoms with Crippen LogP contribution in [0.5, 0.6) is 17.2 Å². The van der Waals surface area contributed by atoms with Crippen molar-refractivity contribution in [3.05, 3.63) is 47.5 Å². The molecule has 0 bridgehead atoms. The summed E-state index contributed by atoms with van der Waals surface area (Å²) in [5.41, 5.74) is 1.03. The first-order valence-corrected chi connectivity index (χ1v) is 12.7. The van der Waals surface area contributed by atoms with E-state index >= 15 is 0 Å². The lowest BCUT2D eigenvalue weighted by Crippen LogP contribution is -2.32. The molecule has 2 aromatic rings. The fourth-order valence-electron chi connectivity index (χ4n) is 4.14. The summed E-state index contributed by atoms with van der Waals surface area (Å²) >= 11 is 0. The molecule has 33 heavy (non-hydrogen) atoms. The standard InChI is InChI=1S/C24H30N2O6S/c1-17(18-7-9-22-23(15-18)32-14-13-31-22)25-24(27)20-16-19(8-10-21(20)30-2)33(28,29)26-11-5-3-4-6-12-26/h7-10,15-17H,3-6,11-14H2,1-2H3,(H,25,27)/t17-/m0/s1. The van der Waals surface area contributed by atoms with E-state index < -0.39 is 15.9 Å². The zero-order chi connectivity index (χ0) is 23.4. The van der Waals surface area contributed by atoms with Crippen LogP contribution in [-0.2, 0) is 10.0 Å². The molecule has 1 atom stereocenters. The lowest BCUT2D eigenvalue weighted by molar-refractivity contribution is 0.0936. The van der Waals surface area contributed by atoms with Gasteiger partial charge in [-0.25, -0.2) is 8.42 Å². The van der Waals surface area contributed by atoms with Gasteiger partial charge in [0.1, 0.15) is 19.0 Å². The molecule has 2 aromatic carbocycles. The van der Waals surface area contributed by atoms with Gasteiger partial charge < -0.3 is 19.5 Å². The number of benzene rings is 2. The summed E-state index contributed by atoms with van der Waals surface area (Å²) in [6.07, 6.45) is 3.74. The van der Waals surface area contributed by atoms with Gasteiger partial charge in [0.05, 0.1) is 23.6 Å². The maximum atomic E-state index is 13.2. The number of ether oxygens (including phenoxy) is 3. The van der Waals surface area contributed by atoms with Gasteiger partial charge in [0.2, 0.25) is 10.0 Å². The molecule has 2 heterocycles. The number of sulfonamides is 1. The van der Waals surface area contributed by atoms with Crippen molar-refractivity contribution in [2.75, 3.05) is 33.4 Å². The minimum absolute atomic E-state index is 0.0994. The number of carbonyl (C=O) groups is 1. The number of methoxy groups -OCH3 is 1. The summed E-state index contributed by atoms with van der Waals surface area (Å²) in [6, 6.07) is 9.64. The maximum Gasteiger partial charge on any atom is 0.255 e. The van der Waals surface area contributed by atoms with Crippen LogP contribution in [0.15, 0.2) is 41.3 Å². The van der Waals surface area contributed by atoms with E-state index in [9.17, 15) is 13.2 Å². The Morgan fingerprint density at radius 3 is 2.39 bits per heavy atom. The Kier molecular flexibility index (Phi) is 7.09. The van der Waals surface area contributed by atoms with E-state index in [-0.39, 0.29) is 16.5 Å². The summed E-state index contributed by atoms with van der Waals surface area (Å²) in [5, 5.41) is 2.94. The van der Waals surface area contributed by atoms with Gasteiger partial charge in [0.15, 0.2) is 11.5 Å². The fourth-order valence-corrected chi connectivity index (χ4v) is 5.69.